The lowest BCUT2D eigenvalue weighted by atomic mass is 10.1. The predicted octanol–water partition coefficient (Wildman–Crippen LogP) is 2.86. The van der Waals surface area contributed by atoms with Crippen molar-refractivity contribution in [3.63, 3.8) is 0 Å². The third-order valence-corrected chi connectivity index (χ3v) is 2.56. The molecule has 0 aliphatic rings. The van der Waals surface area contributed by atoms with Gasteiger partial charge >= 0.3 is 0 Å². The zero-order valence-electron chi connectivity index (χ0n) is 9.12. The smallest absolute Gasteiger partial charge is 0.126 e. The molecule has 0 saturated heterocycles. The van der Waals surface area contributed by atoms with Gasteiger partial charge in [0.15, 0.2) is 0 Å². The SMILES string of the molecule is C=CCc1c(OC)cc(CS)cc1OC. The first-order valence-corrected chi connectivity index (χ1v) is 5.35. The largest absolute Gasteiger partial charge is 0.496 e. The standard InChI is InChI=1S/C12H16O2S/c1-4-5-10-11(13-2)6-9(8-15)7-12(10)14-3/h4,6-7,15H,1,5,8H2,2-3H3. The highest BCUT2D eigenvalue weighted by Gasteiger charge is 2.10. The lowest BCUT2D eigenvalue weighted by molar-refractivity contribution is 0.386. The third kappa shape index (κ3) is 2.69. The summed E-state index contributed by atoms with van der Waals surface area (Å²) in [5, 5.41) is 0. The van der Waals surface area contributed by atoms with Gasteiger partial charge < -0.3 is 9.47 Å². The fourth-order valence-corrected chi connectivity index (χ4v) is 1.66. The van der Waals surface area contributed by atoms with Gasteiger partial charge in [-0.1, -0.05) is 6.08 Å². The number of allylic oxidation sites excluding steroid dienone is 1. The Hall–Kier alpha value is -1.09. The molecule has 15 heavy (non-hydrogen) atoms. The Balaban J connectivity index is 3.25. The maximum absolute atomic E-state index is 5.32. The first-order chi connectivity index (χ1) is 7.26. The summed E-state index contributed by atoms with van der Waals surface area (Å²) < 4.78 is 10.6. The fraction of sp³-hybridized carbons (Fsp3) is 0.333. The van der Waals surface area contributed by atoms with Crippen LogP contribution in [0, 0.1) is 0 Å². The molecule has 0 amide bonds. The van der Waals surface area contributed by atoms with Crippen molar-refractivity contribution in [2.45, 2.75) is 12.2 Å². The molecule has 0 heterocycles. The highest BCUT2D eigenvalue weighted by atomic mass is 32.1. The van der Waals surface area contributed by atoms with Gasteiger partial charge in [-0.3, -0.25) is 0 Å². The molecule has 0 aliphatic heterocycles. The zero-order valence-corrected chi connectivity index (χ0v) is 10.0. The average molecular weight is 224 g/mol. The van der Waals surface area contributed by atoms with Gasteiger partial charge in [0.2, 0.25) is 0 Å². The van der Waals surface area contributed by atoms with Gasteiger partial charge in [-0.05, 0) is 24.1 Å². The van der Waals surface area contributed by atoms with Gasteiger partial charge in [-0.15, -0.1) is 6.58 Å². The molecule has 0 unspecified atom stereocenters. The number of methoxy groups -OCH3 is 2. The minimum absolute atomic E-state index is 0.668. The molecule has 1 aromatic carbocycles. The molecule has 3 heteroatoms. The number of thiol groups is 1. The molecule has 82 valence electrons. The van der Waals surface area contributed by atoms with Gasteiger partial charge in [-0.25, -0.2) is 0 Å². The second-order valence-electron chi connectivity index (χ2n) is 3.13. The van der Waals surface area contributed by atoms with Crippen LogP contribution in [-0.4, -0.2) is 14.2 Å². The number of benzene rings is 1. The molecule has 1 rings (SSSR count). The van der Waals surface area contributed by atoms with Crippen LogP contribution >= 0.6 is 12.6 Å². The van der Waals surface area contributed by atoms with Crippen molar-refractivity contribution in [1.29, 1.82) is 0 Å². The summed E-state index contributed by atoms with van der Waals surface area (Å²) in [7, 11) is 3.31. The fourth-order valence-electron chi connectivity index (χ4n) is 1.48. The Morgan fingerprint density at radius 1 is 1.27 bits per heavy atom. The van der Waals surface area contributed by atoms with Crippen molar-refractivity contribution < 1.29 is 9.47 Å². The average Bonchev–Trinajstić information content (AvgIpc) is 2.29. The number of hydrogen-bond donors (Lipinski definition) is 1. The van der Waals surface area contributed by atoms with Crippen LogP contribution in [0.5, 0.6) is 11.5 Å². The summed E-state index contributed by atoms with van der Waals surface area (Å²) in [5.41, 5.74) is 2.11. The van der Waals surface area contributed by atoms with Crippen LogP contribution in [-0.2, 0) is 12.2 Å². The summed E-state index contributed by atoms with van der Waals surface area (Å²) in [4.78, 5) is 0. The van der Waals surface area contributed by atoms with Crippen molar-refractivity contribution in [1.82, 2.24) is 0 Å². The van der Waals surface area contributed by atoms with E-state index in [1.165, 1.54) is 0 Å². The van der Waals surface area contributed by atoms with Crippen LogP contribution in [0.3, 0.4) is 0 Å². The molecule has 0 fully saturated rings. The van der Waals surface area contributed by atoms with Crippen molar-refractivity contribution in [3.8, 4) is 11.5 Å². The molecule has 0 atom stereocenters. The van der Waals surface area contributed by atoms with Crippen LogP contribution in [0.2, 0.25) is 0 Å². The number of hydrogen-bond acceptors (Lipinski definition) is 3. The van der Waals surface area contributed by atoms with Crippen molar-refractivity contribution in [2.24, 2.45) is 0 Å². The normalized spacial score (nSPS) is 9.80. The van der Waals surface area contributed by atoms with E-state index in [0.29, 0.717) is 5.75 Å². The van der Waals surface area contributed by atoms with Crippen LogP contribution in [0.1, 0.15) is 11.1 Å². The molecule has 1 aromatic rings. The maximum atomic E-state index is 5.32. The second-order valence-corrected chi connectivity index (χ2v) is 3.45. The Bertz CT molecular complexity index is 322. The molecule has 2 nitrogen and oxygen atoms in total. The third-order valence-electron chi connectivity index (χ3n) is 2.20. The van der Waals surface area contributed by atoms with E-state index in [2.05, 4.69) is 19.2 Å². The molecule has 0 aliphatic carbocycles. The van der Waals surface area contributed by atoms with E-state index in [-0.39, 0.29) is 0 Å². The lowest BCUT2D eigenvalue weighted by Crippen LogP contribution is -1.97. The zero-order chi connectivity index (χ0) is 11.3. The molecular weight excluding hydrogens is 208 g/mol. The molecular formula is C12H16O2S. The van der Waals surface area contributed by atoms with Crippen LogP contribution in [0.4, 0.5) is 0 Å². The number of ether oxygens (including phenoxy) is 2. The summed E-state index contributed by atoms with van der Waals surface area (Å²) in [6, 6.07) is 3.96. The Labute approximate surface area is 96.3 Å². The Kier molecular flexibility index (Phi) is 4.56. The first-order valence-electron chi connectivity index (χ1n) is 4.72. The molecule has 0 N–H and O–H groups in total. The topological polar surface area (TPSA) is 18.5 Å². The van der Waals surface area contributed by atoms with E-state index < -0.39 is 0 Å². The van der Waals surface area contributed by atoms with Crippen molar-refractivity contribution >= 4 is 12.6 Å². The minimum Gasteiger partial charge on any atom is -0.496 e. The van der Waals surface area contributed by atoms with E-state index >= 15 is 0 Å². The van der Waals surface area contributed by atoms with Gasteiger partial charge in [0.1, 0.15) is 11.5 Å². The molecule has 0 aromatic heterocycles. The monoisotopic (exact) mass is 224 g/mol. The van der Waals surface area contributed by atoms with Gasteiger partial charge in [-0.2, -0.15) is 12.6 Å². The van der Waals surface area contributed by atoms with Gasteiger partial charge in [0, 0.05) is 11.3 Å². The predicted molar refractivity (Wildman–Crippen MR) is 66.1 cm³/mol. The molecule has 0 saturated carbocycles. The highest BCUT2D eigenvalue weighted by molar-refractivity contribution is 7.79. The summed E-state index contributed by atoms with van der Waals surface area (Å²) in [6.07, 6.45) is 2.57. The lowest BCUT2D eigenvalue weighted by Gasteiger charge is -2.13. The van der Waals surface area contributed by atoms with Crippen LogP contribution < -0.4 is 9.47 Å². The van der Waals surface area contributed by atoms with Crippen molar-refractivity contribution in [3.05, 3.63) is 35.9 Å². The van der Waals surface area contributed by atoms with Gasteiger partial charge in [0.05, 0.1) is 14.2 Å². The summed E-state index contributed by atoms with van der Waals surface area (Å²) >= 11 is 4.24. The maximum Gasteiger partial charge on any atom is 0.126 e. The van der Waals surface area contributed by atoms with E-state index in [0.717, 1.165) is 29.0 Å². The highest BCUT2D eigenvalue weighted by Crippen LogP contribution is 2.31. The minimum atomic E-state index is 0.668. The van der Waals surface area contributed by atoms with Crippen LogP contribution in [0.15, 0.2) is 24.8 Å². The Morgan fingerprint density at radius 2 is 1.80 bits per heavy atom. The quantitative estimate of drug-likeness (QED) is 0.612. The van der Waals surface area contributed by atoms with Crippen molar-refractivity contribution in [2.75, 3.05) is 14.2 Å². The second kappa shape index (κ2) is 5.71. The van der Waals surface area contributed by atoms with Gasteiger partial charge in [0.25, 0.3) is 0 Å². The Morgan fingerprint density at radius 3 is 2.13 bits per heavy atom. The summed E-state index contributed by atoms with van der Waals surface area (Å²) in [5.74, 6) is 2.33. The molecule has 0 spiro atoms. The van der Waals surface area contributed by atoms with Crippen LogP contribution in [0.25, 0.3) is 0 Å². The summed E-state index contributed by atoms with van der Waals surface area (Å²) in [6.45, 7) is 3.72. The van der Waals surface area contributed by atoms with E-state index in [1.54, 1.807) is 14.2 Å². The number of rotatable bonds is 5. The molecule has 0 bridgehead atoms. The van der Waals surface area contributed by atoms with E-state index in [9.17, 15) is 0 Å². The van der Waals surface area contributed by atoms with E-state index in [1.807, 2.05) is 18.2 Å². The molecule has 0 radical (unpaired) electrons. The first kappa shape index (κ1) is 12.0. The van der Waals surface area contributed by atoms with E-state index in [4.69, 9.17) is 9.47 Å².